The average molecular weight is 415 g/mol. The largest absolute Gasteiger partial charge is 0.493 e. The number of morpholine rings is 1. The molecule has 8 heteroatoms. The van der Waals surface area contributed by atoms with Crippen LogP contribution in [0.4, 0.5) is 0 Å². The Morgan fingerprint density at radius 3 is 2.83 bits per heavy atom. The van der Waals surface area contributed by atoms with Gasteiger partial charge in [-0.25, -0.2) is 0 Å². The van der Waals surface area contributed by atoms with Gasteiger partial charge < -0.3 is 19.1 Å². The summed E-state index contributed by atoms with van der Waals surface area (Å²) in [6.45, 7) is 5.67. The van der Waals surface area contributed by atoms with E-state index in [1.807, 2.05) is 29.2 Å². The quantitative estimate of drug-likeness (QED) is 0.708. The van der Waals surface area contributed by atoms with E-state index in [9.17, 15) is 4.79 Å². The molecule has 1 atom stereocenters. The van der Waals surface area contributed by atoms with Crippen molar-refractivity contribution in [3.05, 3.63) is 41.7 Å². The van der Waals surface area contributed by atoms with Gasteiger partial charge in [-0.05, 0) is 24.6 Å². The van der Waals surface area contributed by atoms with Gasteiger partial charge in [0.15, 0.2) is 11.5 Å². The summed E-state index contributed by atoms with van der Waals surface area (Å²) in [5, 5.41) is 7.62. The van der Waals surface area contributed by atoms with E-state index in [2.05, 4.69) is 21.2 Å². The summed E-state index contributed by atoms with van der Waals surface area (Å²) in [6.07, 6.45) is 1.69. The lowest BCUT2D eigenvalue weighted by atomic mass is 10.0. The van der Waals surface area contributed by atoms with Gasteiger partial charge in [-0.15, -0.1) is 0 Å². The van der Waals surface area contributed by atoms with Crippen LogP contribution < -0.4 is 9.47 Å². The van der Waals surface area contributed by atoms with Crippen LogP contribution in [0.15, 0.2) is 30.3 Å². The molecule has 3 heterocycles. The molecule has 8 nitrogen and oxygen atoms in total. The lowest BCUT2D eigenvalue weighted by Crippen LogP contribution is -2.44. The van der Waals surface area contributed by atoms with E-state index in [0.717, 1.165) is 61.9 Å². The number of carbonyl (C=O) groups is 1. The summed E-state index contributed by atoms with van der Waals surface area (Å²) in [7, 11) is 1.64. The number of aromatic amines is 1. The highest BCUT2D eigenvalue weighted by Gasteiger charge is 2.29. The lowest BCUT2D eigenvalue weighted by Gasteiger charge is -2.28. The first-order valence-corrected chi connectivity index (χ1v) is 10.6. The number of likely N-dealkylation sites (tertiary alicyclic amines) is 1. The minimum atomic E-state index is 0.209. The maximum atomic E-state index is 12.6. The smallest absolute Gasteiger partial charge is 0.236 e. The third-order valence-electron chi connectivity index (χ3n) is 5.77. The number of carbonyl (C=O) groups excluding carboxylic acids is 1. The number of methoxy groups -OCH3 is 1. The molecule has 0 spiro atoms. The molecule has 2 aliphatic heterocycles. The Hall–Kier alpha value is -2.58. The van der Waals surface area contributed by atoms with Crippen molar-refractivity contribution in [2.75, 3.05) is 59.7 Å². The predicted octanol–water partition coefficient (Wildman–Crippen LogP) is 1.69. The Balaban J connectivity index is 1.24. The number of ether oxygens (including phenoxy) is 3. The van der Waals surface area contributed by atoms with Crippen molar-refractivity contribution >= 4 is 5.91 Å². The summed E-state index contributed by atoms with van der Waals surface area (Å²) in [6, 6.07) is 9.74. The van der Waals surface area contributed by atoms with Gasteiger partial charge >= 0.3 is 0 Å². The Bertz CT molecular complexity index is 834. The molecule has 1 aromatic heterocycles. The van der Waals surface area contributed by atoms with Crippen molar-refractivity contribution in [1.29, 1.82) is 0 Å². The fourth-order valence-electron chi connectivity index (χ4n) is 4.00. The molecule has 0 bridgehead atoms. The van der Waals surface area contributed by atoms with E-state index in [4.69, 9.17) is 14.2 Å². The molecule has 162 valence electrons. The summed E-state index contributed by atoms with van der Waals surface area (Å²) in [5.41, 5.74) is 2.07. The van der Waals surface area contributed by atoms with Crippen LogP contribution in [0.2, 0.25) is 0 Å². The number of rotatable bonds is 8. The molecule has 1 amide bonds. The van der Waals surface area contributed by atoms with Crippen LogP contribution in [-0.4, -0.2) is 85.6 Å². The summed E-state index contributed by atoms with van der Waals surface area (Å²) in [4.78, 5) is 16.8. The molecule has 4 rings (SSSR count). The van der Waals surface area contributed by atoms with Crippen molar-refractivity contribution in [1.82, 2.24) is 20.0 Å². The van der Waals surface area contributed by atoms with Gasteiger partial charge in [0.2, 0.25) is 5.91 Å². The van der Waals surface area contributed by atoms with Crippen LogP contribution in [0.5, 0.6) is 11.5 Å². The Labute approximate surface area is 177 Å². The molecule has 0 aliphatic carbocycles. The summed E-state index contributed by atoms with van der Waals surface area (Å²) < 4.78 is 16.5. The van der Waals surface area contributed by atoms with Crippen LogP contribution >= 0.6 is 0 Å². The molecule has 2 aromatic rings. The van der Waals surface area contributed by atoms with E-state index < -0.39 is 0 Å². The number of aromatic nitrogens is 2. The fraction of sp³-hybridized carbons (Fsp3) is 0.545. The van der Waals surface area contributed by atoms with E-state index in [1.165, 1.54) is 0 Å². The monoisotopic (exact) mass is 414 g/mol. The topological polar surface area (TPSA) is 79.9 Å². The second kappa shape index (κ2) is 9.95. The fourth-order valence-corrected chi connectivity index (χ4v) is 4.00. The van der Waals surface area contributed by atoms with Crippen LogP contribution in [0, 0.1) is 0 Å². The average Bonchev–Trinajstić information content (AvgIpc) is 3.45. The molecular formula is C22H30N4O4. The first kappa shape index (κ1) is 20.7. The summed E-state index contributed by atoms with van der Waals surface area (Å²) >= 11 is 0. The second-order valence-electron chi connectivity index (χ2n) is 7.78. The zero-order valence-electron chi connectivity index (χ0n) is 17.5. The zero-order valence-corrected chi connectivity index (χ0v) is 17.5. The van der Waals surface area contributed by atoms with E-state index in [0.29, 0.717) is 32.3 Å². The van der Waals surface area contributed by atoms with Crippen molar-refractivity contribution in [3.8, 4) is 11.5 Å². The minimum absolute atomic E-state index is 0.209. The van der Waals surface area contributed by atoms with Gasteiger partial charge in [0, 0.05) is 44.2 Å². The van der Waals surface area contributed by atoms with Crippen LogP contribution in [0.1, 0.15) is 23.7 Å². The molecule has 1 aromatic carbocycles. The van der Waals surface area contributed by atoms with Gasteiger partial charge in [-0.2, -0.15) is 5.10 Å². The number of para-hydroxylation sites is 2. The number of amides is 1. The number of benzene rings is 1. The molecule has 1 N–H and O–H groups in total. The first-order valence-electron chi connectivity index (χ1n) is 10.6. The third kappa shape index (κ3) is 5.12. The molecule has 0 saturated carbocycles. The molecule has 2 saturated heterocycles. The number of hydrogen-bond donors (Lipinski definition) is 1. The predicted molar refractivity (Wildman–Crippen MR) is 112 cm³/mol. The Morgan fingerprint density at radius 2 is 2.03 bits per heavy atom. The molecule has 0 radical (unpaired) electrons. The Kier molecular flexibility index (Phi) is 6.86. The zero-order chi connectivity index (χ0) is 20.8. The summed E-state index contributed by atoms with van der Waals surface area (Å²) in [5.74, 6) is 1.97. The second-order valence-corrected chi connectivity index (χ2v) is 7.78. The van der Waals surface area contributed by atoms with E-state index in [-0.39, 0.29) is 5.91 Å². The van der Waals surface area contributed by atoms with E-state index in [1.54, 1.807) is 7.11 Å². The SMILES string of the molecule is COc1ccccc1OCCc1cc([C@@H]2CCN(C(=O)CN3CCOCC3)C2)n[nH]1. The highest BCUT2D eigenvalue weighted by molar-refractivity contribution is 5.78. The number of H-pyrrole nitrogens is 1. The third-order valence-corrected chi connectivity index (χ3v) is 5.77. The Morgan fingerprint density at radius 1 is 1.23 bits per heavy atom. The number of nitrogens with one attached hydrogen (secondary N) is 1. The molecule has 30 heavy (non-hydrogen) atoms. The molecular weight excluding hydrogens is 384 g/mol. The van der Waals surface area contributed by atoms with Crippen molar-refractivity contribution in [3.63, 3.8) is 0 Å². The normalized spacial score (nSPS) is 19.8. The van der Waals surface area contributed by atoms with Crippen LogP contribution in [-0.2, 0) is 16.0 Å². The maximum Gasteiger partial charge on any atom is 0.236 e. The van der Waals surface area contributed by atoms with Gasteiger partial charge in [-0.3, -0.25) is 14.8 Å². The van der Waals surface area contributed by atoms with Gasteiger partial charge in [0.05, 0.1) is 39.2 Å². The van der Waals surface area contributed by atoms with Crippen LogP contribution in [0.25, 0.3) is 0 Å². The highest BCUT2D eigenvalue weighted by Crippen LogP contribution is 2.27. The van der Waals surface area contributed by atoms with E-state index >= 15 is 0 Å². The standard InChI is InChI=1S/C22H30N4O4/c1-28-20-4-2-3-5-21(20)30-11-7-18-14-19(24-23-18)17-6-8-26(15-17)22(27)16-25-9-12-29-13-10-25/h2-5,14,17H,6-13,15-16H2,1H3,(H,23,24)/t17-/m1/s1. The molecule has 0 unspecified atom stereocenters. The molecule has 2 aliphatic rings. The maximum absolute atomic E-state index is 12.6. The van der Waals surface area contributed by atoms with Crippen molar-refractivity contribution in [2.45, 2.75) is 18.8 Å². The van der Waals surface area contributed by atoms with Crippen molar-refractivity contribution in [2.24, 2.45) is 0 Å². The van der Waals surface area contributed by atoms with Gasteiger partial charge in [0.1, 0.15) is 0 Å². The van der Waals surface area contributed by atoms with Crippen molar-refractivity contribution < 1.29 is 19.0 Å². The minimum Gasteiger partial charge on any atom is -0.493 e. The van der Waals surface area contributed by atoms with Crippen LogP contribution in [0.3, 0.4) is 0 Å². The first-order chi connectivity index (χ1) is 14.7. The van der Waals surface area contributed by atoms with Gasteiger partial charge in [0.25, 0.3) is 0 Å². The number of hydrogen-bond acceptors (Lipinski definition) is 6. The van der Waals surface area contributed by atoms with Gasteiger partial charge in [-0.1, -0.05) is 12.1 Å². The highest BCUT2D eigenvalue weighted by atomic mass is 16.5. The molecule has 2 fully saturated rings. The number of nitrogens with zero attached hydrogens (tertiary/aromatic N) is 3. The lowest BCUT2D eigenvalue weighted by molar-refractivity contribution is -0.132.